The van der Waals surface area contributed by atoms with Crippen LogP contribution in [0.4, 0.5) is 34.6 Å². The summed E-state index contributed by atoms with van der Waals surface area (Å²) >= 11 is 0. The molecule has 4 heterocycles. The van der Waals surface area contributed by atoms with Gasteiger partial charge in [0.15, 0.2) is 0 Å². The topological polar surface area (TPSA) is 262 Å². The van der Waals surface area contributed by atoms with Gasteiger partial charge in [0.05, 0.1) is 32.6 Å². The normalized spacial score (nSPS) is 14.9. The molecule has 2 amide bonds. The van der Waals surface area contributed by atoms with E-state index in [4.69, 9.17) is 0 Å². The molecular weight excluding hydrogens is 900 g/mol. The summed E-state index contributed by atoms with van der Waals surface area (Å²) in [6, 6.07) is 32.5. The minimum atomic E-state index is -3.85. The second-order valence-electron chi connectivity index (χ2n) is 12.7. The standard InChI is InChI=1S/2C20H17N7O3S.Cu/c2*1-14-18(19(28)27(25-14)16-6-3-2-4-7-16)24-23-15-8-10-17(11-9-15)31(29,30)26-20-21-12-5-13-22-20;/h2*2-13H,1H3,(H2,21,22,23,25,26,28);/q;;+2/p-2. The van der Waals surface area contributed by atoms with E-state index >= 15 is 0 Å². The largest absolute Gasteiger partial charge is 2.00 e. The summed E-state index contributed by atoms with van der Waals surface area (Å²) in [4.78, 5) is 40.6. The Kier molecular flexibility index (Phi) is 14.1. The molecule has 0 bridgehead atoms. The van der Waals surface area contributed by atoms with Gasteiger partial charge in [0.2, 0.25) is 11.9 Å². The summed E-state index contributed by atoms with van der Waals surface area (Å²) in [6.07, 6.45) is 5.72. The van der Waals surface area contributed by atoms with Gasteiger partial charge in [0.25, 0.3) is 31.9 Å². The van der Waals surface area contributed by atoms with Gasteiger partial charge in [-0.3, -0.25) is 9.59 Å². The van der Waals surface area contributed by atoms with Gasteiger partial charge in [-0.15, -0.1) is 11.4 Å². The summed E-state index contributed by atoms with van der Waals surface area (Å²) in [5, 5.41) is 19.0. The maximum absolute atomic E-state index is 12.6. The predicted molar refractivity (Wildman–Crippen MR) is 234 cm³/mol. The van der Waals surface area contributed by atoms with Crippen LogP contribution in [-0.2, 0) is 46.7 Å². The van der Waals surface area contributed by atoms with Crippen LogP contribution in [0.2, 0.25) is 0 Å². The number of para-hydroxylation sites is 2. The first kappa shape index (κ1) is 44.8. The number of carbonyl (C=O) groups is 2. The van der Waals surface area contributed by atoms with E-state index < -0.39 is 31.9 Å². The van der Waals surface area contributed by atoms with Crippen LogP contribution in [0.25, 0.3) is 10.9 Å². The first-order valence-corrected chi connectivity index (χ1v) is 21.1. The SMILES string of the molecule is CC1=NN(c2ccccc2)C(=O)/C1=N/[N-]c1ccc(S(=O)(=O)Nc2ncccn2)cc1.CC1=NN(c2ccccc2)C(=O)/C1=N\[N-]c1ccc(S(=O)(=O)Nc2ncccn2)cc1.[Cu+2]. The minimum absolute atomic E-state index is 0. The van der Waals surface area contributed by atoms with E-state index in [0.29, 0.717) is 34.2 Å². The van der Waals surface area contributed by atoms with E-state index in [0.717, 1.165) is 0 Å². The fourth-order valence-corrected chi connectivity index (χ4v) is 7.29. The molecule has 23 heteroatoms. The molecule has 63 heavy (non-hydrogen) atoms. The molecule has 0 saturated carbocycles. The van der Waals surface area contributed by atoms with E-state index in [-0.39, 0.29) is 50.2 Å². The Morgan fingerprint density at radius 3 is 1.16 bits per heavy atom. The van der Waals surface area contributed by atoms with Crippen LogP contribution >= 0.6 is 0 Å². The molecule has 2 aromatic heterocycles. The van der Waals surface area contributed by atoms with Crippen molar-refractivity contribution < 1.29 is 43.5 Å². The van der Waals surface area contributed by atoms with Crippen molar-refractivity contribution in [2.24, 2.45) is 20.4 Å². The molecule has 20 nitrogen and oxygen atoms in total. The molecule has 2 N–H and O–H groups in total. The van der Waals surface area contributed by atoms with Crippen molar-refractivity contribution in [1.82, 2.24) is 19.9 Å². The van der Waals surface area contributed by atoms with Crippen molar-refractivity contribution in [3.63, 3.8) is 0 Å². The second kappa shape index (κ2) is 19.8. The Balaban J connectivity index is 0.000000206. The van der Waals surface area contributed by atoms with Gasteiger partial charge >= 0.3 is 17.1 Å². The zero-order valence-corrected chi connectivity index (χ0v) is 35.4. The van der Waals surface area contributed by atoms with Gasteiger partial charge in [-0.25, -0.2) is 46.2 Å². The molecule has 0 spiro atoms. The van der Waals surface area contributed by atoms with Gasteiger partial charge in [-0.2, -0.15) is 20.2 Å². The van der Waals surface area contributed by atoms with Crippen molar-refractivity contribution in [2.45, 2.75) is 23.6 Å². The van der Waals surface area contributed by atoms with Gasteiger partial charge in [-0.1, -0.05) is 60.7 Å². The Morgan fingerprint density at radius 1 is 0.492 bits per heavy atom. The molecule has 6 aromatic rings. The first-order valence-electron chi connectivity index (χ1n) is 18.2. The van der Waals surface area contributed by atoms with Crippen molar-refractivity contribution >= 4 is 89.4 Å². The van der Waals surface area contributed by atoms with Crippen molar-refractivity contribution in [3.05, 3.63) is 157 Å². The minimum Gasteiger partial charge on any atom is -0.575 e. The van der Waals surface area contributed by atoms with E-state index in [1.165, 1.54) is 83.3 Å². The molecule has 2 aliphatic heterocycles. The number of hydrogen-bond acceptors (Lipinski definition) is 14. The fourth-order valence-electron chi connectivity index (χ4n) is 5.38. The molecule has 0 aliphatic carbocycles. The van der Waals surface area contributed by atoms with Crippen LogP contribution < -0.4 is 19.5 Å². The van der Waals surface area contributed by atoms with Gasteiger partial charge < -0.3 is 21.1 Å². The van der Waals surface area contributed by atoms with Crippen LogP contribution in [0.15, 0.2) is 176 Å². The number of hydrogen-bond donors (Lipinski definition) is 2. The fraction of sp³-hybridized carbons (Fsp3) is 0.0500. The van der Waals surface area contributed by atoms with Gasteiger partial charge in [-0.05, 0) is 74.5 Å². The zero-order chi connectivity index (χ0) is 43.7. The average molecular weight is 932 g/mol. The third kappa shape index (κ3) is 11.0. The molecule has 0 saturated heterocycles. The Hall–Kier alpha value is -7.72. The molecule has 0 unspecified atom stereocenters. The summed E-state index contributed by atoms with van der Waals surface area (Å²) in [5.41, 5.74) is 11.2. The van der Waals surface area contributed by atoms with Crippen LogP contribution in [-0.4, -0.2) is 71.4 Å². The number of sulfonamides is 2. The van der Waals surface area contributed by atoms with Gasteiger partial charge in [0.1, 0.15) is 11.4 Å². The summed E-state index contributed by atoms with van der Waals surface area (Å²) in [6.45, 7) is 3.34. The number of nitrogens with one attached hydrogen (secondary N) is 2. The van der Waals surface area contributed by atoms with E-state index in [9.17, 15) is 26.4 Å². The number of anilines is 4. The summed E-state index contributed by atoms with van der Waals surface area (Å²) in [7, 11) is -7.70. The number of aromatic nitrogens is 4. The van der Waals surface area contributed by atoms with Crippen LogP contribution in [0.3, 0.4) is 0 Å². The molecule has 0 fully saturated rings. The quantitative estimate of drug-likeness (QED) is 0.105. The number of nitrogens with zero attached hydrogens (tertiary/aromatic N) is 12. The number of rotatable bonds is 12. The molecule has 0 atom stereocenters. The number of carbonyl (C=O) groups excluding carboxylic acids is 2. The number of benzene rings is 4. The van der Waals surface area contributed by atoms with E-state index in [2.05, 4.69) is 60.6 Å². The third-order valence-corrected chi connectivity index (χ3v) is 11.1. The molecular formula is C40H32CuN14O6S2. The summed E-state index contributed by atoms with van der Waals surface area (Å²) in [5.74, 6) is -0.835. The molecule has 321 valence electrons. The maximum atomic E-state index is 12.6. The Labute approximate surface area is 371 Å². The van der Waals surface area contributed by atoms with E-state index in [1.807, 2.05) is 12.1 Å². The Morgan fingerprint density at radius 2 is 0.825 bits per heavy atom. The van der Waals surface area contributed by atoms with Crippen molar-refractivity contribution in [1.29, 1.82) is 0 Å². The molecule has 2 aliphatic rings. The molecule has 8 rings (SSSR count). The molecule has 1 radical (unpaired) electrons. The Bertz CT molecular complexity index is 2730. The number of hydrazone groups is 2. The zero-order valence-electron chi connectivity index (χ0n) is 32.8. The maximum Gasteiger partial charge on any atom is 2.00 e. The first-order chi connectivity index (χ1) is 29.9. The van der Waals surface area contributed by atoms with Crippen LogP contribution in [0.5, 0.6) is 0 Å². The predicted octanol–water partition coefficient (Wildman–Crippen LogP) is 6.12. The number of amides is 2. The van der Waals surface area contributed by atoms with Crippen LogP contribution in [0, 0.1) is 0 Å². The second-order valence-corrected chi connectivity index (χ2v) is 16.1. The smallest absolute Gasteiger partial charge is 0.575 e. The third-order valence-electron chi connectivity index (χ3n) is 8.38. The monoisotopic (exact) mass is 931 g/mol. The van der Waals surface area contributed by atoms with Crippen LogP contribution in [0.1, 0.15) is 13.8 Å². The molecule has 4 aromatic carbocycles. The average Bonchev–Trinajstić information content (AvgIpc) is 3.74. The van der Waals surface area contributed by atoms with E-state index in [1.54, 1.807) is 74.5 Å². The van der Waals surface area contributed by atoms with Gasteiger partial charge in [0, 0.05) is 24.8 Å². The van der Waals surface area contributed by atoms with Crippen molar-refractivity contribution in [3.8, 4) is 0 Å². The summed E-state index contributed by atoms with van der Waals surface area (Å²) < 4.78 is 54.3. The van der Waals surface area contributed by atoms with Crippen molar-refractivity contribution in [2.75, 3.05) is 19.5 Å².